The number of nitrogens with two attached hydrogens (primary N) is 1. The largest absolute Gasteiger partial charge is 0.447 e. The van der Waals surface area contributed by atoms with Crippen LogP contribution in [-0.4, -0.2) is 65.3 Å². The SMILES string of the molecule is CCCC(NC(=O)C1C2C(CN1C(=O)C(NC(=O)OC(C)C)C(C)(C)C)C2(C)C)C(=O)C(N)=O. The maximum Gasteiger partial charge on any atom is 0.408 e. The Morgan fingerprint density at radius 1 is 1.12 bits per heavy atom. The number of hydrogen-bond donors (Lipinski definition) is 3. The number of fused-ring (bicyclic) bond motifs is 1. The quantitative estimate of drug-likeness (QED) is 0.424. The third-order valence-electron chi connectivity index (χ3n) is 6.93. The van der Waals surface area contributed by atoms with E-state index in [2.05, 4.69) is 10.6 Å². The molecule has 5 unspecified atom stereocenters. The van der Waals surface area contributed by atoms with Crippen molar-refractivity contribution >= 4 is 29.6 Å². The molecule has 4 amide bonds. The van der Waals surface area contributed by atoms with Gasteiger partial charge in [0.2, 0.25) is 17.6 Å². The first kappa shape index (κ1) is 27.6. The summed E-state index contributed by atoms with van der Waals surface area (Å²) in [6.07, 6.45) is -0.237. The Kier molecular flexibility index (Phi) is 8.05. The highest BCUT2D eigenvalue weighted by Gasteiger charge is 2.69. The highest BCUT2D eigenvalue weighted by Crippen LogP contribution is 2.65. The molecular formula is C24H40N4O6. The summed E-state index contributed by atoms with van der Waals surface area (Å²) in [7, 11) is 0. The summed E-state index contributed by atoms with van der Waals surface area (Å²) in [6, 6.07) is -2.78. The second-order valence-electron chi connectivity index (χ2n) is 11.4. The molecule has 2 aliphatic rings. The molecule has 1 heterocycles. The summed E-state index contributed by atoms with van der Waals surface area (Å²) in [6.45, 7) is 15.2. The van der Waals surface area contributed by atoms with E-state index in [1.54, 1.807) is 13.8 Å². The van der Waals surface area contributed by atoms with E-state index in [9.17, 15) is 24.0 Å². The second-order valence-corrected chi connectivity index (χ2v) is 11.4. The van der Waals surface area contributed by atoms with Crippen LogP contribution in [0.15, 0.2) is 0 Å². The molecule has 1 saturated carbocycles. The van der Waals surface area contributed by atoms with Gasteiger partial charge in [-0.3, -0.25) is 19.2 Å². The van der Waals surface area contributed by atoms with Gasteiger partial charge in [0, 0.05) is 6.54 Å². The minimum Gasteiger partial charge on any atom is -0.447 e. The number of Topliss-reactive ketones (excluding diaryl/α,β-unsaturated/α-hetero) is 1. The van der Waals surface area contributed by atoms with Gasteiger partial charge in [-0.15, -0.1) is 0 Å². The Morgan fingerprint density at radius 3 is 2.18 bits per heavy atom. The van der Waals surface area contributed by atoms with Crippen molar-refractivity contribution in [2.24, 2.45) is 28.4 Å². The predicted molar refractivity (Wildman–Crippen MR) is 125 cm³/mol. The van der Waals surface area contributed by atoms with Crippen LogP contribution in [0.25, 0.3) is 0 Å². The summed E-state index contributed by atoms with van der Waals surface area (Å²) in [4.78, 5) is 64.6. The number of likely N-dealkylation sites (tertiary alicyclic amines) is 1. The van der Waals surface area contributed by atoms with Crippen molar-refractivity contribution in [3.8, 4) is 0 Å². The van der Waals surface area contributed by atoms with E-state index in [1.165, 1.54) is 4.90 Å². The van der Waals surface area contributed by atoms with Gasteiger partial charge in [0.25, 0.3) is 5.91 Å². The molecule has 4 N–H and O–H groups in total. The lowest BCUT2D eigenvalue weighted by atomic mass is 9.85. The van der Waals surface area contributed by atoms with Crippen molar-refractivity contribution in [1.29, 1.82) is 0 Å². The van der Waals surface area contributed by atoms with Crippen molar-refractivity contribution in [3.63, 3.8) is 0 Å². The van der Waals surface area contributed by atoms with Crippen LogP contribution in [0.5, 0.6) is 0 Å². The summed E-state index contributed by atoms with van der Waals surface area (Å²) in [5.41, 5.74) is 4.37. The maximum atomic E-state index is 13.7. The molecule has 0 spiro atoms. The van der Waals surface area contributed by atoms with Crippen molar-refractivity contribution < 1.29 is 28.7 Å². The zero-order chi connectivity index (χ0) is 26.2. The standard InChI is InChI=1S/C24H40N4O6/c1-9-10-14(17(29)19(25)30)26-20(31)16-15-13(24(15,7)8)11-28(16)21(32)18(23(4,5)6)27-22(33)34-12(2)3/h12-16,18H,9-11H2,1-8H3,(H2,25,30)(H,26,31)(H,27,33). The molecule has 0 bridgehead atoms. The van der Waals surface area contributed by atoms with Gasteiger partial charge in [-0.1, -0.05) is 48.0 Å². The van der Waals surface area contributed by atoms with Crippen molar-refractivity contribution in [3.05, 3.63) is 0 Å². The van der Waals surface area contributed by atoms with Gasteiger partial charge < -0.3 is 26.0 Å². The molecule has 1 aliphatic heterocycles. The van der Waals surface area contributed by atoms with Gasteiger partial charge in [-0.05, 0) is 42.9 Å². The molecule has 1 saturated heterocycles. The van der Waals surface area contributed by atoms with Crippen LogP contribution in [0.4, 0.5) is 4.79 Å². The second kappa shape index (κ2) is 9.92. The molecule has 2 rings (SSSR count). The first-order chi connectivity index (χ1) is 15.5. The van der Waals surface area contributed by atoms with Gasteiger partial charge in [-0.2, -0.15) is 0 Å². The zero-order valence-electron chi connectivity index (χ0n) is 21.6. The lowest BCUT2D eigenvalue weighted by Crippen LogP contribution is -2.60. The summed E-state index contributed by atoms with van der Waals surface area (Å²) in [5, 5.41) is 5.34. The predicted octanol–water partition coefficient (Wildman–Crippen LogP) is 1.36. The van der Waals surface area contributed by atoms with Crippen LogP contribution in [0, 0.1) is 22.7 Å². The lowest BCUT2D eigenvalue weighted by molar-refractivity contribution is -0.145. The number of amides is 4. The van der Waals surface area contributed by atoms with Crippen molar-refractivity contribution in [2.45, 2.75) is 92.5 Å². The van der Waals surface area contributed by atoms with Crippen LogP contribution in [0.3, 0.4) is 0 Å². The van der Waals surface area contributed by atoms with Crippen LogP contribution < -0.4 is 16.4 Å². The third kappa shape index (κ3) is 5.70. The molecule has 192 valence electrons. The van der Waals surface area contributed by atoms with E-state index in [4.69, 9.17) is 10.5 Å². The van der Waals surface area contributed by atoms with Crippen LogP contribution >= 0.6 is 0 Å². The number of ether oxygens (including phenoxy) is 1. The van der Waals surface area contributed by atoms with E-state index < -0.39 is 47.2 Å². The number of piperidine rings is 1. The van der Waals surface area contributed by atoms with E-state index >= 15 is 0 Å². The minimum absolute atomic E-state index is 0.0920. The third-order valence-corrected chi connectivity index (χ3v) is 6.93. The number of nitrogens with one attached hydrogen (secondary N) is 2. The number of hydrogen-bond acceptors (Lipinski definition) is 6. The number of carbonyl (C=O) groups is 5. The van der Waals surface area contributed by atoms with Gasteiger partial charge in [0.1, 0.15) is 12.1 Å². The van der Waals surface area contributed by atoms with Crippen LogP contribution in [0.1, 0.15) is 68.2 Å². The Hall–Kier alpha value is -2.65. The summed E-state index contributed by atoms with van der Waals surface area (Å²) in [5.74, 6) is -2.81. The molecule has 0 aromatic heterocycles. The number of rotatable bonds is 9. The number of primary amides is 1. The molecule has 0 aromatic rings. The number of ketones is 1. The van der Waals surface area contributed by atoms with Gasteiger partial charge in [0.15, 0.2) is 0 Å². The van der Waals surface area contributed by atoms with E-state index in [0.29, 0.717) is 13.0 Å². The number of nitrogens with zero attached hydrogens (tertiary/aromatic N) is 1. The fourth-order valence-electron chi connectivity index (χ4n) is 4.98. The number of alkyl carbamates (subject to hydrolysis) is 1. The highest BCUT2D eigenvalue weighted by atomic mass is 16.6. The monoisotopic (exact) mass is 480 g/mol. The molecule has 0 aromatic carbocycles. The van der Waals surface area contributed by atoms with E-state index in [1.807, 2.05) is 41.5 Å². The topological polar surface area (TPSA) is 148 Å². The Balaban J connectivity index is 2.31. The lowest BCUT2D eigenvalue weighted by Gasteiger charge is -2.37. The first-order valence-corrected chi connectivity index (χ1v) is 12.0. The van der Waals surface area contributed by atoms with Crippen molar-refractivity contribution in [1.82, 2.24) is 15.5 Å². The molecule has 34 heavy (non-hydrogen) atoms. The van der Waals surface area contributed by atoms with Gasteiger partial charge in [-0.25, -0.2) is 4.79 Å². The maximum absolute atomic E-state index is 13.7. The molecular weight excluding hydrogens is 440 g/mol. The van der Waals surface area contributed by atoms with E-state index in [0.717, 1.165) is 0 Å². The van der Waals surface area contributed by atoms with Gasteiger partial charge in [0.05, 0.1) is 12.1 Å². The molecule has 10 nitrogen and oxygen atoms in total. The van der Waals surface area contributed by atoms with E-state index in [-0.39, 0.29) is 35.7 Å². The molecule has 2 fully saturated rings. The first-order valence-electron chi connectivity index (χ1n) is 12.0. The fourth-order valence-corrected chi connectivity index (χ4v) is 4.98. The number of carbonyl (C=O) groups excluding carboxylic acids is 5. The Bertz CT molecular complexity index is 847. The molecule has 1 aliphatic carbocycles. The highest BCUT2D eigenvalue weighted by molar-refractivity contribution is 6.37. The van der Waals surface area contributed by atoms with Crippen LogP contribution in [0.2, 0.25) is 0 Å². The molecule has 5 atom stereocenters. The normalized spacial score (nSPS) is 24.6. The summed E-state index contributed by atoms with van der Waals surface area (Å²) >= 11 is 0. The Labute approximate surface area is 201 Å². The zero-order valence-corrected chi connectivity index (χ0v) is 21.6. The van der Waals surface area contributed by atoms with Crippen molar-refractivity contribution in [2.75, 3.05) is 6.54 Å². The molecule has 10 heteroatoms. The minimum atomic E-state index is -1.11. The average molecular weight is 481 g/mol. The fraction of sp³-hybridized carbons (Fsp3) is 0.792. The van der Waals surface area contributed by atoms with Crippen LogP contribution in [-0.2, 0) is 23.9 Å². The summed E-state index contributed by atoms with van der Waals surface area (Å²) < 4.78 is 5.17. The molecule has 0 radical (unpaired) electrons. The Morgan fingerprint density at radius 2 is 1.71 bits per heavy atom. The smallest absolute Gasteiger partial charge is 0.408 e. The average Bonchev–Trinajstić information content (AvgIpc) is 3.04. The van der Waals surface area contributed by atoms with Gasteiger partial charge >= 0.3 is 6.09 Å².